The number of para-hydroxylation sites is 1. The van der Waals surface area contributed by atoms with Crippen molar-refractivity contribution < 1.29 is 24.2 Å². The lowest BCUT2D eigenvalue weighted by Crippen LogP contribution is -2.29. The molecule has 6 rings (SSSR count). The van der Waals surface area contributed by atoms with Gasteiger partial charge in [-0.2, -0.15) is 0 Å². The number of carbonyl (C=O) groups is 2. The molecule has 0 aliphatic carbocycles. The second kappa shape index (κ2) is 11.7. The van der Waals surface area contributed by atoms with Gasteiger partial charge in [-0.25, -0.2) is 4.98 Å². The quantitative estimate of drug-likeness (QED) is 0.118. The summed E-state index contributed by atoms with van der Waals surface area (Å²) in [6.45, 7) is 2.42. The van der Waals surface area contributed by atoms with Crippen LogP contribution in [-0.4, -0.2) is 21.8 Å². The maximum atomic E-state index is 13.5. The number of amides is 1. The molecule has 4 aromatic carbocycles. The molecular weight excluding hydrogens is 548 g/mol. The summed E-state index contributed by atoms with van der Waals surface area (Å²) in [4.78, 5) is 32.4. The minimum absolute atomic E-state index is 0.0273. The van der Waals surface area contributed by atoms with E-state index in [9.17, 15) is 14.7 Å². The second-order valence-corrected chi connectivity index (χ2v) is 10.6. The average molecular weight is 575 g/mol. The van der Waals surface area contributed by atoms with Crippen LogP contribution in [0.25, 0.3) is 5.76 Å². The van der Waals surface area contributed by atoms with Gasteiger partial charge in [-0.1, -0.05) is 60.2 Å². The van der Waals surface area contributed by atoms with E-state index in [1.165, 1.54) is 16.2 Å². The van der Waals surface area contributed by atoms with Gasteiger partial charge in [0.25, 0.3) is 5.78 Å². The van der Waals surface area contributed by atoms with Crippen molar-refractivity contribution in [1.82, 2.24) is 4.98 Å². The van der Waals surface area contributed by atoms with E-state index < -0.39 is 17.7 Å². The Hall–Kier alpha value is -5.21. The number of carbonyl (C=O) groups excluding carboxylic acids is 2. The molecule has 1 N–H and O–H groups in total. The number of benzene rings is 4. The maximum absolute atomic E-state index is 13.5. The summed E-state index contributed by atoms with van der Waals surface area (Å²) in [5.41, 5.74) is 3.15. The van der Waals surface area contributed by atoms with Crippen molar-refractivity contribution in [2.45, 2.75) is 19.6 Å². The first-order valence-electron chi connectivity index (χ1n) is 13.3. The van der Waals surface area contributed by atoms with Gasteiger partial charge in [0.1, 0.15) is 29.6 Å². The highest BCUT2D eigenvalue weighted by Crippen LogP contribution is 2.43. The molecule has 1 amide bonds. The summed E-state index contributed by atoms with van der Waals surface area (Å²) in [5.74, 6) is -0.0478. The van der Waals surface area contributed by atoms with Crippen LogP contribution in [0.1, 0.15) is 28.3 Å². The van der Waals surface area contributed by atoms with Crippen LogP contribution < -0.4 is 14.4 Å². The molecule has 208 valence electrons. The van der Waals surface area contributed by atoms with E-state index in [0.717, 1.165) is 11.1 Å². The van der Waals surface area contributed by atoms with Gasteiger partial charge in [0.05, 0.1) is 11.6 Å². The molecule has 1 atom stereocenters. The number of anilines is 1. The largest absolute Gasteiger partial charge is 0.507 e. The summed E-state index contributed by atoms with van der Waals surface area (Å²) in [6.07, 6.45) is 1.57. The fourth-order valence-corrected chi connectivity index (χ4v) is 5.55. The third-order valence-electron chi connectivity index (χ3n) is 6.84. The zero-order valence-corrected chi connectivity index (χ0v) is 23.5. The Bertz CT molecular complexity index is 1770. The number of hydrogen-bond acceptors (Lipinski definition) is 7. The normalized spacial score (nSPS) is 16.0. The van der Waals surface area contributed by atoms with Crippen LogP contribution in [0.2, 0.25) is 0 Å². The smallest absolute Gasteiger partial charge is 0.301 e. The van der Waals surface area contributed by atoms with E-state index in [2.05, 4.69) is 11.1 Å². The third-order valence-corrected chi connectivity index (χ3v) is 7.61. The molecule has 1 fully saturated rings. The molecule has 1 unspecified atom stereocenters. The molecule has 1 saturated heterocycles. The molecule has 5 aromatic rings. The summed E-state index contributed by atoms with van der Waals surface area (Å²) >= 11 is 1.24. The van der Waals surface area contributed by atoms with E-state index in [0.29, 0.717) is 40.1 Å². The number of thiazole rings is 1. The summed E-state index contributed by atoms with van der Waals surface area (Å²) in [6, 6.07) is 30.4. The Balaban J connectivity index is 1.35. The number of ketones is 1. The molecule has 0 bridgehead atoms. The van der Waals surface area contributed by atoms with Crippen LogP contribution in [0.15, 0.2) is 120 Å². The SMILES string of the molecule is Cc1cccc(COc2ccc(/C(O)=C3\C(=O)C(=O)N(c4nccs4)C3c3cccc(Oc4ccccc4)c3)cc2)c1. The minimum atomic E-state index is -0.910. The Labute approximate surface area is 246 Å². The first-order chi connectivity index (χ1) is 20.5. The van der Waals surface area contributed by atoms with Gasteiger partial charge >= 0.3 is 5.91 Å². The van der Waals surface area contributed by atoms with Gasteiger partial charge in [-0.05, 0) is 66.6 Å². The number of nitrogens with zero attached hydrogens (tertiary/aromatic N) is 2. The van der Waals surface area contributed by atoms with Gasteiger partial charge in [0.15, 0.2) is 5.13 Å². The lowest BCUT2D eigenvalue weighted by Gasteiger charge is -2.23. The molecule has 0 radical (unpaired) electrons. The number of hydrogen-bond donors (Lipinski definition) is 1. The molecule has 1 aliphatic rings. The van der Waals surface area contributed by atoms with Crippen LogP contribution in [0, 0.1) is 6.92 Å². The summed E-state index contributed by atoms with van der Waals surface area (Å²) in [7, 11) is 0. The van der Waals surface area contributed by atoms with E-state index in [1.54, 1.807) is 60.1 Å². The maximum Gasteiger partial charge on any atom is 0.301 e. The number of ether oxygens (including phenoxy) is 2. The number of aryl methyl sites for hydroxylation is 1. The molecule has 8 heteroatoms. The topological polar surface area (TPSA) is 89.0 Å². The Morgan fingerprint density at radius 1 is 0.881 bits per heavy atom. The van der Waals surface area contributed by atoms with Crippen molar-refractivity contribution in [3.05, 3.63) is 143 Å². The van der Waals surface area contributed by atoms with E-state index in [4.69, 9.17) is 9.47 Å². The number of Topliss-reactive ketones (excluding diaryl/α,β-unsaturated/α-hetero) is 1. The molecular formula is C34H26N2O5S. The summed E-state index contributed by atoms with van der Waals surface area (Å²) < 4.78 is 11.9. The lowest BCUT2D eigenvalue weighted by atomic mass is 9.95. The van der Waals surface area contributed by atoms with Crippen molar-refractivity contribution in [2.75, 3.05) is 4.90 Å². The first-order valence-corrected chi connectivity index (χ1v) is 14.2. The molecule has 1 aliphatic heterocycles. The number of aliphatic hydroxyl groups is 1. The van der Waals surface area contributed by atoms with Gasteiger partial charge in [0.2, 0.25) is 0 Å². The van der Waals surface area contributed by atoms with Gasteiger partial charge in [0, 0.05) is 17.1 Å². The molecule has 2 heterocycles. The van der Waals surface area contributed by atoms with Crippen LogP contribution >= 0.6 is 11.3 Å². The molecule has 0 saturated carbocycles. The van der Waals surface area contributed by atoms with Gasteiger partial charge in [-0.3, -0.25) is 14.5 Å². The molecule has 1 aromatic heterocycles. The number of rotatable bonds is 8. The van der Waals surface area contributed by atoms with E-state index >= 15 is 0 Å². The van der Waals surface area contributed by atoms with Gasteiger partial charge in [-0.15, -0.1) is 11.3 Å². The highest BCUT2D eigenvalue weighted by atomic mass is 32.1. The highest BCUT2D eigenvalue weighted by Gasteiger charge is 2.48. The van der Waals surface area contributed by atoms with E-state index in [1.807, 2.05) is 55.5 Å². The van der Waals surface area contributed by atoms with Crippen LogP contribution in [0.3, 0.4) is 0 Å². The zero-order chi connectivity index (χ0) is 29.1. The second-order valence-electron chi connectivity index (χ2n) is 9.77. The molecule has 42 heavy (non-hydrogen) atoms. The third kappa shape index (κ3) is 5.53. The average Bonchev–Trinajstić information content (AvgIpc) is 3.63. The lowest BCUT2D eigenvalue weighted by molar-refractivity contribution is -0.132. The van der Waals surface area contributed by atoms with Crippen LogP contribution in [0.5, 0.6) is 17.2 Å². The Morgan fingerprint density at radius 2 is 1.64 bits per heavy atom. The summed E-state index contributed by atoms with van der Waals surface area (Å²) in [5, 5.41) is 13.6. The predicted octanol–water partition coefficient (Wildman–Crippen LogP) is 7.45. The highest BCUT2D eigenvalue weighted by molar-refractivity contribution is 7.14. The van der Waals surface area contributed by atoms with Crippen molar-refractivity contribution in [1.29, 1.82) is 0 Å². The first kappa shape index (κ1) is 27.0. The number of aromatic nitrogens is 1. The van der Waals surface area contributed by atoms with Crippen molar-refractivity contribution in [3.63, 3.8) is 0 Å². The zero-order valence-electron chi connectivity index (χ0n) is 22.6. The standard InChI is InChI=1S/C34H26N2O5S/c1-22-7-5-8-23(19-22)21-40-26-15-13-24(14-16-26)31(37)29-30(36(33(39)32(29)38)34-35-17-18-42-34)25-9-6-12-28(20-25)41-27-10-3-2-4-11-27/h2-20,30,37H,21H2,1H3/b31-29+. The van der Waals surface area contributed by atoms with Crippen molar-refractivity contribution in [2.24, 2.45) is 0 Å². The Morgan fingerprint density at radius 3 is 2.38 bits per heavy atom. The van der Waals surface area contributed by atoms with Crippen molar-refractivity contribution in [3.8, 4) is 17.2 Å². The van der Waals surface area contributed by atoms with Gasteiger partial charge < -0.3 is 14.6 Å². The van der Waals surface area contributed by atoms with Crippen molar-refractivity contribution >= 4 is 33.9 Å². The monoisotopic (exact) mass is 574 g/mol. The Kier molecular flexibility index (Phi) is 7.53. The minimum Gasteiger partial charge on any atom is -0.507 e. The van der Waals surface area contributed by atoms with Crippen LogP contribution in [0.4, 0.5) is 5.13 Å². The van der Waals surface area contributed by atoms with E-state index in [-0.39, 0.29) is 11.3 Å². The molecule has 0 spiro atoms. The molecule has 7 nitrogen and oxygen atoms in total. The van der Waals surface area contributed by atoms with Crippen LogP contribution in [-0.2, 0) is 16.2 Å². The number of aliphatic hydroxyl groups excluding tert-OH is 1. The predicted molar refractivity (Wildman–Crippen MR) is 162 cm³/mol. The fourth-order valence-electron chi connectivity index (χ4n) is 4.89. The fraction of sp³-hybridized carbons (Fsp3) is 0.0882.